The Labute approximate surface area is 240 Å². The summed E-state index contributed by atoms with van der Waals surface area (Å²) in [5, 5.41) is 15.5. The van der Waals surface area contributed by atoms with Crippen LogP contribution in [0.2, 0.25) is 10.0 Å². The maximum Gasteiger partial charge on any atom is 0.354 e. The van der Waals surface area contributed by atoms with E-state index in [1.165, 1.54) is 11.6 Å². The Kier molecular flexibility index (Phi) is 6.02. The van der Waals surface area contributed by atoms with Crippen molar-refractivity contribution in [3.05, 3.63) is 69.8 Å². The SMILES string of the molecule is COc1cc(C(=O)O)nc2ccc(N3CCC4(C=C(c5c(-c6c(Cl)cncc6Cl)noc5C5CC5)C4)CC3)cc12. The number of rotatable bonds is 6. The molecule has 1 aromatic carbocycles. The quantitative estimate of drug-likeness (QED) is 0.256. The fourth-order valence-corrected chi connectivity index (χ4v) is 6.66. The number of hydrogen-bond acceptors (Lipinski definition) is 7. The molecule has 7 rings (SSSR count). The molecular weight excluding hydrogens is 551 g/mol. The van der Waals surface area contributed by atoms with Crippen LogP contribution in [0.5, 0.6) is 5.75 Å². The largest absolute Gasteiger partial charge is 0.496 e. The molecule has 0 unspecified atom stereocenters. The Balaban J connectivity index is 1.14. The normalized spacial score (nSPS) is 18.1. The van der Waals surface area contributed by atoms with Gasteiger partial charge in [-0.3, -0.25) is 4.98 Å². The number of aromatic carboxylic acids is 1. The highest BCUT2D eigenvalue weighted by Crippen LogP contribution is 2.56. The van der Waals surface area contributed by atoms with Gasteiger partial charge in [0.1, 0.15) is 17.2 Å². The Hall–Kier alpha value is -3.62. The third-order valence-corrected chi connectivity index (χ3v) is 8.99. The van der Waals surface area contributed by atoms with Gasteiger partial charge in [-0.05, 0) is 61.3 Å². The highest BCUT2D eigenvalue weighted by atomic mass is 35.5. The summed E-state index contributed by atoms with van der Waals surface area (Å²) in [5.41, 5.74) is 5.49. The first kappa shape index (κ1) is 25.4. The molecule has 2 fully saturated rings. The second kappa shape index (κ2) is 9.49. The fraction of sp³-hybridized carbons (Fsp3) is 0.333. The highest BCUT2D eigenvalue weighted by Gasteiger charge is 2.44. The summed E-state index contributed by atoms with van der Waals surface area (Å²) in [6.45, 7) is 1.82. The molecule has 1 N–H and O–H groups in total. The van der Waals surface area contributed by atoms with E-state index >= 15 is 0 Å². The minimum atomic E-state index is -1.08. The van der Waals surface area contributed by atoms with E-state index in [2.05, 4.69) is 26.1 Å². The predicted molar refractivity (Wildman–Crippen MR) is 153 cm³/mol. The van der Waals surface area contributed by atoms with E-state index in [9.17, 15) is 9.90 Å². The Morgan fingerprint density at radius 2 is 1.85 bits per heavy atom. The molecule has 1 saturated heterocycles. The number of fused-ring (bicyclic) bond motifs is 1. The predicted octanol–water partition coefficient (Wildman–Crippen LogP) is 7.25. The number of benzene rings is 1. The number of aromatic nitrogens is 3. The van der Waals surface area contributed by atoms with Crippen molar-refractivity contribution in [1.29, 1.82) is 0 Å². The van der Waals surface area contributed by atoms with Crippen LogP contribution in [-0.2, 0) is 0 Å². The zero-order valence-electron chi connectivity index (χ0n) is 21.8. The average molecular weight is 577 g/mol. The highest BCUT2D eigenvalue weighted by molar-refractivity contribution is 6.39. The summed E-state index contributed by atoms with van der Waals surface area (Å²) in [7, 11) is 1.55. The van der Waals surface area contributed by atoms with Crippen LogP contribution in [0, 0.1) is 5.41 Å². The number of ether oxygens (including phenoxy) is 1. The number of carboxylic acid groups (broad SMARTS) is 1. The number of carboxylic acids is 1. The molecule has 0 amide bonds. The Morgan fingerprint density at radius 3 is 2.50 bits per heavy atom. The number of carbonyl (C=O) groups is 1. The third kappa shape index (κ3) is 4.21. The standard InChI is InChI=1S/C30H26Cl2N4O4/c1-39-24-11-23(29(37)38)34-22-5-4-18(10-19(22)24)36-8-6-30(7-9-36)12-17(13-30)25-27(35-40-28(25)16-2-3-16)26-20(31)14-33-15-21(26)32/h4-5,10-12,14-16H,2-3,6-9,13H2,1H3,(H,37,38). The molecule has 40 heavy (non-hydrogen) atoms. The second-order valence-corrected chi connectivity index (χ2v) is 11.7. The van der Waals surface area contributed by atoms with Crippen LogP contribution in [0.1, 0.15) is 59.8 Å². The molecule has 3 aromatic heterocycles. The Bertz CT molecular complexity index is 1680. The van der Waals surface area contributed by atoms with Gasteiger partial charge in [-0.25, -0.2) is 9.78 Å². The molecular formula is C30H26Cl2N4O4. The molecule has 4 aromatic rings. The van der Waals surface area contributed by atoms with Crippen molar-refractivity contribution in [2.75, 3.05) is 25.1 Å². The molecule has 0 atom stereocenters. The summed E-state index contributed by atoms with van der Waals surface area (Å²) >= 11 is 13.0. The van der Waals surface area contributed by atoms with Gasteiger partial charge in [0.05, 0.1) is 22.7 Å². The third-order valence-electron chi connectivity index (χ3n) is 8.42. The minimum Gasteiger partial charge on any atom is -0.496 e. The molecule has 2 aliphatic carbocycles. The van der Waals surface area contributed by atoms with Crippen LogP contribution in [-0.4, -0.2) is 46.4 Å². The molecule has 0 radical (unpaired) electrons. The molecule has 4 heterocycles. The number of allylic oxidation sites excluding steroid dienone is 2. The number of nitrogens with zero attached hydrogens (tertiary/aromatic N) is 4. The van der Waals surface area contributed by atoms with Crippen molar-refractivity contribution >= 4 is 51.3 Å². The number of methoxy groups -OCH3 is 1. The van der Waals surface area contributed by atoms with E-state index in [1.54, 1.807) is 19.5 Å². The monoisotopic (exact) mass is 576 g/mol. The van der Waals surface area contributed by atoms with E-state index in [4.69, 9.17) is 32.5 Å². The zero-order valence-corrected chi connectivity index (χ0v) is 23.3. The van der Waals surface area contributed by atoms with Gasteiger partial charge in [-0.2, -0.15) is 0 Å². The minimum absolute atomic E-state index is 0.0288. The average Bonchev–Trinajstić information content (AvgIpc) is 3.70. The molecule has 1 spiro atoms. The number of pyridine rings is 2. The van der Waals surface area contributed by atoms with Crippen molar-refractivity contribution in [3.8, 4) is 17.0 Å². The van der Waals surface area contributed by atoms with Crippen LogP contribution >= 0.6 is 23.2 Å². The maximum absolute atomic E-state index is 11.4. The smallest absolute Gasteiger partial charge is 0.354 e. The summed E-state index contributed by atoms with van der Waals surface area (Å²) in [6.07, 6.45) is 10.8. The van der Waals surface area contributed by atoms with Gasteiger partial charge >= 0.3 is 5.97 Å². The molecule has 204 valence electrons. The lowest BCUT2D eigenvalue weighted by molar-refractivity contribution is 0.0690. The topological polar surface area (TPSA) is 102 Å². The van der Waals surface area contributed by atoms with E-state index in [0.29, 0.717) is 38.5 Å². The summed E-state index contributed by atoms with van der Waals surface area (Å²) in [6, 6.07) is 7.39. The van der Waals surface area contributed by atoms with Crippen molar-refractivity contribution in [1.82, 2.24) is 15.1 Å². The van der Waals surface area contributed by atoms with Crippen molar-refractivity contribution in [2.24, 2.45) is 5.41 Å². The molecule has 8 nitrogen and oxygen atoms in total. The first-order valence-corrected chi connectivity index (χ1v) is 14.1. The zero-order chi connectivity index (χ0) is 27.6. The molecule has 1 saturated carbocycles. The van der Waals surface area contributed by atoms with Crippen LogP contribution in [0.15, 0.2) is 47.3 Å². The second-order valence-electron chi connectivity index (χ2n) is 10.9. The van der Waals surface area contributed by atoms with Gasteiger partial charge < -0.3 is 19.3 Å². The molecule has 10 heteroatoms. The van der Waals surface area contributed by atoms with Crippen molar-refractivity contribution in [2.45, 2.75) is 38.0 Å². The van der Waals surface area contributed by atoms with E-state index in [1.807, 2.05) is 18.2 Å². The van der Waals surface area contributed by atoms with Crippen molar-refractivity contribution < 1.29 is 19.2 Å². The van der Waals surface area contributed by atoms with Crippen LogP contribution in [0.25, 0.3) is 27.7 Å². The number of hydrogen-bond donors (Lipinski definition) is 1. The molecule has 1 aliphatic heterocycles. The lowest BCUT2D eigenvalue weighted by Gasteiger charge is -2.47. The van der Waals surface area contributed by atoms with Crippen LogP contribution in [0.3, 0.4) is 0 Å². The van der Waals surface area contributed by atoms with E-state index < -0.39 is 5.97 Å². The van der Waals surface area contributed by atoms with Gasteiger partial charge in [0, 0.05) is 59.7 Å². The summed E-state index contributed by atoms with van der Waals surface area (Å²) < 4.78 is 11.4. The van der Waals surface area contributed by atoms with Gasteiger partial charge in [-0.15, -0.1) is 0 Å². The van der Waals surface area contributed by atoms with Crippen LogP contribution < -0.4 is 9.64 Å². The number of anilines is 1. The van der Waals surface area contributed by atoms with Gasteiger partial charge in [0.25, 0.3) is 0 Å². The Morgan fingerprint density at radius 1 is 1.12 bits per heavy atom. The first-order chi connectivity index (χ1) is 19.4. The van der Waals surface area contributed by atoms with Gasteiger partial charge in [-0.1, -0.05) is 34.4 Å². The summed E-state index contributed by atoms with van der Waals surface area (Å²) in [5.74, 6) is 0.783. The summed E-state index contributed by atoms with van der Waals surface area (Å²) in [4.78, 5) is 22.2. The first-order valence-electron chi connectivity index (χ1n) is 13.3. The number of piperidine rings is 1. The lowest BCUT2D eigenvalue weighted by Crippen LogP contribution is -2.42. The molecule has 0 bridgehead atoms. The maximum atomic E-state index is 11.4. The van der Waals surface area contributed by atoms with E-state index in [0.717, 1.165) is 67.6 Å². The molecule has 3 aliphatic rings. The van der Waals surface area contributed by atoms with Gasteiger partial charge in [0.15, 0.2) is 5.69 Å². The number of halogens is 2. The van der Waals surface area contributed by atoms with Gasteiger partial charge in [0.2, 0.25) is 0 Å². The van der Waals surface area contributed by atoms with E-state index in [-0.39, 0.29) is 11.1 Å². The van der Waals surface area contributed by atoms with Crippen LogP contribution in [0.4, 0.5) is 5.69 Å². The fourth-order valence-electron chi connectivity index (χ4n) is 6.12. The van der Waals surface area contributed by atoms with Crippen molar-refractivity contribution in [3.63, 3.8) is 0 Å². The lowest BCUT2D eigenvalue weighted by atomic mass is 9.63.